The Labute approximate surface area is 107 Å². The zero-order valence-corrected chi connectivity index (χ0v) is 10.6. The largest absolute Gasteiger partial charge is 0.302 e. The van der Waals surface area contributed by atoms with Crippen LogP contribution in [0.25, 0.3) is 22.3 Å². The van der Waals surface area contributed by atoms with Crippen molar-refractivity contribution in [2.75, 3.05) is 20.6 Å². The van der Waals surface area contributed by atoms with Gasteiger partial charge in [0.05, 0.1) is 6.54 Å². The van der Waals surface area contributed by atoms with Crippen LogP contribution in [-0.4, -0.2) is 31.3 Å². The average molecular weight is 237 g/mol. The lowest BCUT2D eigenvalue weighted by Crippen LogP contribution is -2.21. The van der Waals surface area contributed by atoms with Crippen molar-refractivity contribution in [3.8, 4) is 22.3 Å². The minimum absolute atomic E-state index is 0.173. The van der Waals surface area contributed by atoms with Crippen molar-refractivity contribution >= 4 is 5.78 Å². The van der Waals surface area contributed by atoms with Crippen LogP contribution in [0.15, 0.2) is 42.5 Å². The summed E-state index contributed by atoms with van der Waals surface area (Å²) in [5.74, 6) is 0.173. The summed E-state index contributed by atoms with van der Waals surface area (Å²) in [6.45, 7) is 0.459. The lowest BCUT2D eigenvalue weighted by Gasteiger charge is -2.24. The number of benzene rings is 2. The van der Waals surface area contributed by atoms with Crippen LogP contribution in [0, 0.1) is 0 Å². The van der Waals surface area contributed by atoms with Crippen LogP contribution in [0.5, 0.6) is 0 Å². The van der Waals surface area contributed by atoms with Gasteiger partial charge in [0.25, 0.3) is 0 Å². The highest BCUT2D eigenvalue weighted by Crippen LogP contribution is 2.46. The van der Waals surface area contributed by atoms with Gasteiger partial charge in [-0.15, -0.1) is 0 Å². The summed E-state index contributed by atoms with van der Waals surface area (Å²) in [6.07, 6.45) is 0. The molecule has 2 aromatic carbocycles. The van der Waals surface area contributed by atoms with E-state index in [1.54, 1.807) is 0 Å². The molecule has 0 bridgehead atoms. The molecule has 1 aliphatic rings. The fourth-order valence-electron chi connectivity index (χ4n) is 2.44. The molecule has 0 saturated heterocycles. The number of hydrogen-bond acceptors (Lipinski definition) is 2. The Morgan fingerprint density at radius 1 is 0.944 bits per heavy atom. The minimum Gasteiger partial charge on any atom is -0.302 e. The summed E-state index contributed by atoms with van der Waals surface area (Å²) in [4.78, 5) is 13.9. The molecule has 0 fully saturated rings. The van der Waals surface area contributed by atoms with Gasteiger partial charge in [-0.1, -0.05) is 36.4 Å². The first-order chi connectivity index (χ1) is 8.66. The van der Waals surface area contributed by atoms with E-state index < -0.39 is 0 Å². The van der Waals surface area contributed by atoms with Crippen LogP contribution < -0.4 is 0 Å². The van der Waals surface area contributed by atoms with Crippen LogP contribution in [0.3, 0.4) is 0 Å². The number of carbonyl (C=O) groups is 1. The van der Waals surface area contributed by atoms with Crippen molar-refractivity contribution in [2.24, 2.45) is 0 Å². The molecule has 3 rings (SSSR count). The summed E-state index contributed by atoms with van der Waals surface area (Å²) in [7, 11) is 3.82. The van der Waals surface area contributed by atoms with Crippen LogP contribution >= 0.6 is 0 Å². The lowest BCUT2D eigenvalue weighted by molar-refractivity contribution is 0.0958. The number of nitrogens with zero attached hydrogens (tertiary/aromatic N) is 1. The monoisotopic (exact) mass is 237 g/mol. The van der Waals surface area contributed by atoms with Crippen LogP contribution in [0.2, 0.25) is 0 Å². The number of ketones is 1. The van der Waals surface area contributed by atoms with E-state index in [9.17, 15) is 4.79 Å². The first kappa shape index (κ1) is 11.2. The van der Waals surface area contributed by atoms with Gasteiger partial charge in [-0.2, -0.15) is 0 Å². The third-order valence-corrected chi connectivity index (χ3v) is 3.31. The van der Waals surface area contributed by atoms with E-state index in [4.69, 9.17) is 0 Å². The molecular formula is C16H15NO. The van der Waals surface area contributed by atoms with Crippen LogP contribution in [0.1, 0.15) is 10.4 Å². The number of rotatable bonds is 3. The Balaban J connectivity index is 1.95. The third-order valence-electron chi connectivity index (χ3n) is 3.31. The third kappa shape index (κ3) is 1.66. The van der Waals surface area contributed by atoms with E-state index >= 15 is 0 Å². The topological polar surface area (TPSA) is 20.3 Å². The predicted molar refractivity (Wildman–Crippen MR) is 73.8 cm³/mol. The number of Topliss-reactive ketones (excluding diaryl/α,β-unsaturated/α-hetero) is 1. The molecule has 0 atom stereocenters. The first-order valence-corrected chi connectivity index (χ1v) is 6.08. The van der Waals surface area contributed by atoms with E-state index in [1.165, 1.54) is 22.3 Å². The highest BCUT2D eigenvalue weighted by molar-refractivity contribution is 6.06. The molecule has 0 unspecified atom stereocenters. The van der Waals surface area contributed by atoms with E-state index in [0.29, 0.717) is 6.54 Å². The van der Waals surface area contributed by atoms with Gasteiger partial charge in [0.15, 0.2) is 5.78 Å². The summed E-state index contributed by atoms with van der Waals surface area (Å²) < 4.78 is 0. The van der Waals surface area contributed by atoms with Crippen molar-refractivity contribution in [2.45, 2.75) is 0 Å². The Morgan fingerprint density at radius 2 is 1.56 bits per heavy atom. The molecule has 0 radical (unpaired) electrons. The molecule has 0 spiro atoms. The van der Waals surface area contributed by atoms with Gasteiger partial charge >= 0.3 is 0 Å². The molecule has 2 aromatic rings. The van der Waals surface area contributed by atoms with Crippen molar-refractivity contribution in [1.82, 2.24) is 4.90 Å². The lowest BCUT2D eigenvalue weighted by atomic mass is 9.79. The van der Waals surface area contributed by atoms with E-state index in [-0.39, 0.29) is 5.78 Å². The summed E-state index contributed by atoms with van der Waals surface area (Å²) in [6, 6.07) is 14.3. The minimum atomic E-state index is 0.173. The summed E-state index contributed by atoms with van der Waals surface area (Å²) >= 11 is 0. The van der Waals surface area contributed by atoms with Gasteiger partial charge in [0, 0.05) is 5.56 Å². The predicted octanol–water partition coefficient (Wildman–Crippen LogP) is 3.08. The van der Waals surface area contributed by atoms with Gasteiger partial charge in [-0.25, -0.2) is 0 Å². The Morgan fingerprint density at radius 3 is 2.22 bits per heavy atom. The number of carbonyl (C=O) groups excluding carboxylic acids is 1. The van der Waals surface area contributed by atoms with Crippen molar-refractivity contribution in [3.05, 3.63) is 48.0 Å². The molecule has 0 N–H and O–H groups in total. The number of hydrogen-bond donors (Lipinski definition) is 0. The Bertz CT molecular complexity index is 629. The van der Waals surface area contributed by atoms with E-state index in [1.807, 2.05) is 43.3 Å². The van der Waals surface area contributed by atoms with Gasteiger partial charge in [0.1, 0.15) is 0 Å². The molecule has 0 aromatic heterocycles. The summed E-state index contributed by atoms with van der Waals surface area (Å²) in [5.41, 5.74) is 5.81. The maximum atomic E-state index is 12.0. The molecule has 0 saturated carbocycles. The van der Waals surface area contributed by atoms with Crippen LogP contribution in [-0.2, 0) is 0 Å². The van der Waals surface area contributed by atoms with Crippen LogP contribution in [0.4, 0.5) is 0 Å². The smallest absolute Gasteiger partial charge is 0.176 e. The summed E-state index contributed by atoms with van der Waals surface area (Å²) in [5, 5.41) is 0. The molecular weight excluding hydrogens is 222 g/mol. The van der Waals surface area contributed by atoms with Crippen molar-refractivity contribution in [1.29, 1.82) is 0 Å². The van der Waals surface area contributed by atoms with Crippen molar-refractivity contribution in [3.63, 3.8) is 0 Å². The first-order valence-electron chi connectivity index (χ1n) is 6.08. The van der Waals surface area contributed by atoms with Gasteiger partial charge in [-0.05, 0) is 42.4 Å². The van der Waals surface area contributed by atoms with Gasteiger partial charge in [0.2, 0.25) is 0 Å². The second-order valence-electron chi connectivity index (χ2n) is 4.97. The molecule has 0 heterocycles. The van der Waals surface area contributed by atoms with Gasteiger partial charge < -0.3 is 4.90 Å². The second-order valence-corrected chi connectivity index (χ2v) is 4.97. The second kappa shape index (κ2) is 4.07. The molecule has 2 heteroatoms. The average Bonchev–Trinajstić information content (AvgIpc) is 2.34. The normalized spacial score (nSPS) is 11.7. The fraction of sp³-hybridized carbons (Fsp3) is 0.188. The zero-order chi connectivity index (χ0) is 12.7. The molecule has 2 nitrogen and oxygen atoms in total. The highest BCUT2D eigenvalue weighted by atomic mass is 16.1. The zero-order valence-electron chi connectivity index (χ0n) is 10.6. The molecule has 90 valence electrons. The molecule has 18 heavy (non-hydrogen) atoms. The Kier molecular flexibility index (Phi) is 2.53. The molecule has 0 aliphatic heterocycles. The molecule has 0 amide bonds. The Hall–Kier alpha value is -1.93. The maximum absolute atomic E-state index is 12.0. The number of likely N-dealkylation sites (N-methyl/N-ethyl adjacent to an activating group) is 1. The van der Waals surface area contributed by atoms with Gasteiger partial charge in [-0.3, -0.25) is 4.79 Å². The standard InChI is InChI=1S/C16H15NO/c1-17(2)10-16(18)11-7-8-14-12-5-3-4-6-13(12)15(14)9-11/h3-9H,10H2,1-2H3. The van der Waals surface area contributed by atoms with E-state index in [0.717, 1.165) is 5.56 Å². The fourth-order valence-corrected chi connectivity index (χ4v) is 2.44. The quantitative estimate of drug-likeness (QED) is 0.652. The van der Waals surface area contributed by atoms with E-state index in [2.05, 4.69) is 18.2 Å². The maximum Gasteiger partial charge on any atom is 0.176 e. The SMILES string of the molecule is CN(C)CC(=O)c1ccc2c(c1)-c1ccccc1-2. The highest BCUT2D eigenvalue weighted by Gasteiger charge is 2.22. The molecule has 1 aliphatic carbocycles. The number of fused-ring (bicyclic) bond motifs is 4. The van der Waals surface area contributed by atoms with Crippen molar-refractivity contribution < 1.29 is 4.79 Å².